The van der Waals surface area contributed by atoms with Crippen molar-refractivity contribution in [3.05, 3.63) is 23.8 Å². The largest absolute Gasteiger partial charge is 0.490 e. The minimum absolute atomic E-state index is 0.0181. The lowest BCUT2D eigenvalue weighted by molar-refractivity contribution is -0.128. The van der Waals surface area contributed by atoms with Crippen LogP contribution in [0.5, 0.6) is 11.5 Å². The fourth-order valence-electron chi connectivity index (χ4n) is 2.56. The first-order chi connectivity index (χ1) is 14.2. The maximum absolute atomic E-state index is 11.9. The average molecular weight is 421 g/mol. The highest BCUT2D eigenvalue weighted by atomic mass is 16.5. The molecule has 0 aliphatic carbocycles. The molecule has 0 fully saturated rings. The molecule has 1 atom stereocenters. The second kappa shape index (κ2) is 13.0. The summed E-state index contributed by atoms with van der Waals surface area (Å²) >= 11 is 0. The summed E-state index contributed by atoms with van der Waals surface area (Å²) in [6.07, 6.45) is 1.89. The Kier molecular flexibility index (Phi) is 11.1. The highest BCUT2D eigenvalue weighted by Gasteiger charge is 2.20. The van der Waals surface area contributed by atoms with E-state index in [1.165, 1.54) is 0 Å². The van der Waals surface area contributed by atoms with E-state index < -0.39 is 0 Å². The van der Waals surface area contributed by atoms with Crippen LogP contribution in [0.4, 0.5) is 0 Å². The van der Waals surface area contributed by atoms with E-state index in [-0.39, 0.29) is 17.4 Å². The zero-order chi connectivity index (χ0) is 22.6. The normalized spacial score (nSPS) is 12.8. The molecule has 7 nitrogen and oxygen atoms in total. The number of nitrogens with one attached hydrogen (secondary N) is 3. The van der Waals surface area contributed by atoms with Gasteiger partial charge in [0.1, 0.15) is 0 Å². The third kappa shape index (κ3) is 8.93. The summed E-state index contributed by atoms with van der Waals surface area (Å²) in [5.41, 5.74) is 0.688. The summed E-state index contributed by atoms with van der Waals surface area (Å²) in [7, 11) is 1.73. The standard InChI is InChI=1S/C23H40N4O3/c1-8-14-29-19-11-10-18(16-20(19)30-15-9-2)17(3)27-22(24-7)26-13-12-25-21(28)23(4,5)6/h10-11,16-17H,8-9,12-15H2,1-7H3,(H,25,28)(H2,24,26,27). The molecule has 1 aromatic carbocycles. The third-order valence-corrected chi connectivity index (χ3v) is 4.35. The van der Waals surface area contributed by atoms with E-state index in [0.717, 1.165) is 29.9 Å². The van der Waals surface area contributed by atoms with Crippen LogP contribution in [-0.2, 0) is 4.79 Å². The first kappa shape index (κ1) is 25.6. The van der Waals surface area contributed by atoms with Gasteiger partial charge in [0.15, 0.2) is 17.5 Å². The predicted octanol–water partition coefficient (Wildman–Crippen LogP) is 3.65. The fraction of sp³-hybridized carbons (Fsp3) is 0.652. The maximum Gasteiger partial charge on any atom is 0.225 e. The van der Waals surface area contributed by atoms with Crippen LogP contribution in [0.25, 0.3) is 0 Å². The molecule has 0 aromatic heterocycles. The number of rotatable bonds is 11. The monoisotopic (exact) mass is 420 g/mol. The molecule has 0 saturated heterocycles. The van der Waals surface area contributed by atoms with Gasteiger partial charge in [-0.15, -0.1) is 0 Å². The summed E-state index contributed by atoms with van der Waals surface area (Å²) in [4.78, 5) is 16.2. The van der Waals surface area contributed by atoms with Gasteiger partial charge in [-0.05, 0) is 37.5 Å². The van der Waals surface area contributed by atoms with E-state index in [4.69, 9.17) is 9.47 Å². The Morgan fingerprint density at radius 1 is 1.03 bits per heavy atom. The number of hydrogen-bond donors (Lipinski definition) is 3. The van der Waals surface area contributed by atoms with Gasteiger partial charge in [0.05, 0.1) is 19.3 Å². The number of hydrogen-bond acceptors (Lipinski definition) is 4. The number of amides is 1. The van der Waals surface area contributed by atoms with Crippen molar-refractivity contribution >= 4 is 11.9 Å². The van der Waals surface area contributed by atoms with Crippen LogP contribution < -0.4 is 25.4 Å². The molecule has 1 amide bonds. The van der Waals surface area contributed by atoms with Crippen molar-refractivity contribution in [3.8, 4) is 11.5 Å². The van der Waals surface area contributed by atoms with Gasteiger partial charge >= 0.3 is 0 Å². The molecule has 0 saturated carbocycles. The van der Waals surface area contributed by atoms with Crippen molar-refractivity contribution in [1.82, 2.24) is 16.0 Å². The molecule has 7 heteroatoms. The molecule has 0 aliphatic heterocycles. The lowest BCUT2D eigenvalue weighted by atomic mass is 9.96. The first-order valence-corrected chi connectivity index (χ1v) is 10.9. The van der Waals surface area contributed by atoms with E-state index in [2.05, 4.69) is 41.7 Å². The van der Waals surface area contributed by atoms with Gasteiger partial charge < -0.3 is 25.4 Å². The zero-order valence-electron chi connectivity index (χ0n) is 19.7. The lowest BCUT2D eigenvalue weighted by Crippen LogP contribution is -2.44. The van der Waals surface area contributed by atoms with Crippen molar-refractivity contribution in [1.29, 1.82) is 0 Å². The molecule has 170 valence electrons. The molecular weight excluding hydrogens is 380 g/mol. The maximum atomic E-state index is 11.9. The topological polar surface area (TPSA) is 84.0 Å². The van der Waals surface area contributed by atoms with Crippen molar-refractivity contribution in [2.24, 2.45) is 10.4 Å². The van der Waals surface area contributed by atoms with Crippen LogP contribution >= 0.6 is 0 Å². The van der Waals surface area contributed by atoms with E-state index in [1.807, 2.05) is 39.0 Å². The second-order valence-corrected chi connectivity index (χ2v) is 8.27. The number of nitrogens with zero attached hydrogens (tertiary/aromatic N) is 1. The first-order valence-electron chi connectivity index (χ1n) is 10.9. The van der Waals surface area contributed by atoms with Gasteiger partial charge in [-0.2, -0.15) is 0 Å². The number of ether oxygens (including phenoxy) is 2. The molecule has 0 heterocycles. The molecule has 0 radical (unpaired) electrons. The van der Waals surface area contributed by atoms with Gasteiger partial charge in [-0.25, -0.2) is 0 Å². The third-order valence-electron chi connectivity index (χ3n) is 4.35. The van der Waals surface area contributed by atoms with Crippen LogP contribution in [-0.4, -0.2) is 45.2 Å². The van der Waals surface area contributed by atoms with Gasteiger partial charge in [0, 0.05) is 25.6 Å². The zero-order valence-corrected chi connectivity index (χ0v) is 19.7. The quantitative estimate of drug-likeness (QED) is 0.289. The summed E-state index contributed by atoms with van der Waals surface area (Å²) in [5, 5.41) is 9.53. The van der Waals surface area contributed by atoms with Crippen LogP contribution in [0, 0.1) is 5.41 Å². The Labute approximate surface area is 182 Å². The molecule has 30 heavy (non-hydrogen) atoms. The number of benzene rings is 1. The van der Waals surface area contributed by atoms with Crippen LogP contribution in [0.15, 0.2) is 23.2 Å². The van der Waals surface area contributed by atoms with Crippen molar-refractivity contribution in [2.45, 2.75) is 60.4 Å². The highest BCUT2D eigenvalue weighted by molar-refractivity contribution is 5.82. The highest BCUT2D eigenvalue weighted by Crippen LogP contribution is 2.31. The minimum atomic E-state index is -0.390. The SMILES string of the molecule is CCCOc1ccc(C(C)NC(=NC)NCCNC(=O)C(C)(C)C)cc1OCCC. The van der Waals surface area contributed by atoms with Crippen molar-refractivity contribution in [2.75, 3.05) is 33.4 Å². The number of aliphatic imine (C=N–C) groups is 1. The molecular formula is C23H40N4O3. The summed E-state index contributed by atoms with van der Waals surface area (Å²) in [5.74, 6) is 2.25. The predicted molar refractivity (Wildman–Crippen MR) is 123 cm³/mol. The van der Waals surface area contributed by atoms with Gasteiger partial charge in [0.25, 0.3) is 0 Å². The van der Waals surface area contributed by atoms with Gasteiger partial charge in [-0.3, -0.25) is 9.79 Å². The van der Waals surface area contributed by atoms with E-state index in [1.54, 1.807) is 7.05 Å². The Morgan fingerprint density at radius 2 is 1.63 bits per heavy atom. The van der Waals surface area contributed by atoms with E-state index in [9.17, 15) is 4.79 Å². The van der Waals surface area contributed by atoms with Crippen molar-refractivity contribution < 1.29 is 14.3 Å². The van der Waals surface area contributed by atoms with E-state index in [0.29, 0.717) is 32.3 Å². The molecule has 3 N–H and O–H groups in total. The minimum Gasteiger partial charge on any atom is -0.490 e. The molecule has 0 bridgehead atoms. The number of carbonyl (C=O) groups excluding carboxylic acids is 1. The fourth-order valence-corrected chi connectivity index (χ4v) is 2.56. The van der Waals surface area contributed by atoms with Crippen molar-refractivity contribution in [3.63, 3.8) is 0 Å². The summed E-state index contributed by atoms with van der Waals surface area (Å²) in [6.45, 7) is 14.4. The second-order valence-electron chi connectivity index (χ2n) is 8.27. The Morgan fingerprint density at radius 3 is 2.20 bits per heavy atom. The van der Waals surface area contributed by atoms with Crippen LogP contribution in [0.2, 0.25) is 0 Å². The smallest absolute Gasteiger partial charge is 0.225 e. The lowest BCUT2D eigenvalue weighted by Gasteiger charge is -2.21. The Hall–Kier alpha value is -2.44. The summed E-state index contributed by atoms with van der Waals surface area (Å²) < 4.78 is 11.7. The molecule has 1 unspecified atom stereocenters. The number of guanidine groups is 1. The Balaban J connectivity index is 2.67. The average Bonchev–Trinajstić information content (AvgIpc) is 2.71. The number of carbonyl (C=O) groups is 1. The molecule has 0 aliphatic rings. The van der Waals surface area contributed by atoms with Crippen LogP contribution in [0.1, 0.15) is 66.0 Å². The van der Waals surface area contributed by atoms with E-state index >= 15 is 0 Å². The molecule has 1 aromatic rings. The molecule has 0 spiro atoms. The molecule has 1 rings (SSSR count). The van der Waals surface area contributed by atoms with Gasteiger partial charge in [0.2, 0.25) is 5.91 Å². The van der Waals surface area contributed by atoms with Crippen LogP contribution in [0.3, 0.4) is 0 Å². The van der Waals surface area contributed by atoms with Gasteiger partial charge in [-0.1, -0.05) is 40.7 Å². The summed E-state index contributed by atoms with van der Waals surface area (Å²) in [6, 6.07) is 6.05. The Bertz CT molecular complexity index is 684.